The molecule has 7 heteroatoms. The summed E-state index contributed by atoms with van der Waals surface area (Å²) in [7, 11) is 3.45. The summed E-state index contributed by atoms with van der Waals surface area (Å²) >= 11 is 0. The fourth-order valence-electron chi connectivity index (χ4n) is 7.14. The molecule has 214 valence electrons. The molecule has 6 nitrogen and oxygen atoms in total. The molecule has 2 fully saturated rings. The summed E-state index contributed by atoms with van der Waals surface area (Å²) in [6.45, 7) is 4.93. The topological polar surface area (TPSA) is 48.8 Å². The summed E-state index contributed by atoms with van der Waals surface area (Å²) in [6.07, 6.45) is 8.68. The highest BCUT2D eigenvalue weighted by Gasteiger charge is 2.28. The normalized spacial score (nSPS) is 20.8. The average molecular weight is 548 g/mol. The molecule has 3 heterocycles. The zero-order chi connectivity index (χ0) is 27.6. The molecule has 3 aromatic rings. The predicted molar refractivity (Wildman–Crippen MR) is 157 cm³/mol. The van der Waals surface area contributed by atoms with E-state index in [-0.39, 0.29) is 18.5 Å². The number of fused-ring (bicyclic) bond motifs is 3. The number of rotatable bonds is 7. The van der Waals surface area contributed by atoms with Crippen molar-refractivity contribution in [3.05, 3.63) is 64.6 Å². The second kappa shape index (κ2) is 12.0. The third kappa shape index (κ3) is 5.08. The van der Waals surface area contributed by atoms with E-state index in [1.54, 1.807) is 18.9 Å². The van der Waals surface area contributed by atoms with E-state index in [1.165, 1.54) is 22.4 Å². The quantitative estimate of drug-likeness (QED) is 0.292. The zero-order valence-electron chi connectivity index (χ0n) is 24.1. The fourth-order valence-corrected chi connectivity index (χ4v) is 7.14. The van der Waals surface area contributed by atoms with E-state index in [1.807, 2.05) is 0 Å². The average Bonchev–Trinajstić information content (AvgIpc) is 3.23. The Morgan fingerprint density at radius 2 is 1.75 bits per heavy atom. The van der Waals surface area contributed by atoms with E-state index >= 15 is 4.39 Å². The van der Waals surface area contributed by atoms with Gasteiger partial charge in [0.15, 0.2) is 12.5 Å². The standard InChI is InChI=1S/C33H42FN3O3/c1-4-22-8-7-9-26-27(15-16-28-31(26)32(34)35-37(28)29-10-5-6-21-40-29)30(22)23-11-13-25(14-12-23)36-19-17-24(18-20-36)33(38-2)39-3/h11-16,24,29,33H,4-10,17-21H2,1-3H3. The second-order valence-corrected chi connectivity index (χ2v) is 11.4. The van der Waals surface area contributed by atoms with Crippen molar-refractivity contribution in [3.63, 3.8) is 0 Å². The number of halogens is 1. The van der Waals surface area contributed by atoms with Gasteiger partial charge in [0, 0.05) is 45.5 Å². The molecule has 1 aromatic heterocycles. The van der Waals surface area contributed by atoms with Gasteiger partial charge in [-0.05, 0) is 98.2 Å². The van der Waals surface area contributed by atoms with E-state index in [0.29, 0.717) is 17.9 Å². The molecule has 2 aliphatic heterocycles. The third-order valence-electron chi connectivity index (χ3n) is 9.23. The largest absolute Gasteiger partial charge is 0.372 e. The first-order valence-corrected chi connectivity index (χ1v) is 15.1. The Hall–Kier alpha value is -2.74. The number of anilines is 1. The molecule has 0 amide bonds. The monoisotopic (exact) mass is 547 g/mol. The SMILES string of the molecule is CCC1=C(c2ccc(N3CCC(C(OC)OC)CC3)cc2)c2ccc3c(c(F)nn3C3CCCCO3)c2CCC1. The van der Waals surface area contributed by atoms with Crippen molar-refractivity contribution in [3.8, 4) is 0 Å². The van der Waals surface area contributed by atoms with Crippen LogP contribution >= 0.6 is 0 Å². The van der Waals surface area contributed by atoms with Crippen molar-refractivity contribution < 1.29 is 18.6 Å². The van der Waals surface area contributed by atoms with Crippen molar-refractivity contribution >= 4 is 22.2 Å². The number of nitrogens with zero attached hydrogens (tertiary/aromatic N) is 3. The molecule has 40 heavy (non-hydrogen) atoms. The summed E-state index contributed by atoms with van der Waals surface area (Å²) in [4.78, 5) is 2.46. The van der Waals surface area contributed by atoms with Crippen LogP contribution < -0.4 is 4.90 Å². The molecule has 0 N–H and O–H groups in total. The van der Waals surface area contributed by atoms with Gasteiger partial charge in [-0.3, -0.25) is 0 Å². The maximum absolute atomic E-state index is 15.5. The Balaban J connectivity index is 1.32. The van der Waals surface area contributed by atoms with Gasteiger partial charge in [0.05, 0.1) is 10.9 Å². The van der Waals surface area contributed by atoms with Crippen molar-refractivity contribution in [2.45, 2.75) is 77.2 Å². The van der Waals surface area contributed by atoms with Crippen molar-refractivity contribution in [2.24, 2.45) is 5.92 Å². The van der Waals surface area contributed by atoms with Gasteiger partial charge in [-0.2, -0.15) is 4.39 Å². The molecule has 2 aromatic carbocycles. The molecule has 6 rings (SSSR count). The minimum atomic E-state index is -0.372. The highest BCUT2D eigenvalue weighted by atomic mass is 19.1. The Morgan fingerprint density at radius 1 is 0.975 bits per heavy atom. The number of methoxy groups -OCH3 is 2. The lowest BCUT2D eigenvalue weighted by molar-refractivity contribution is -0.141. The van der Waals surface area contributed by atoms with E-state index in [2.05, 4.69) is 53.3 Å². The van der Waals surface area contributed by atoms with Crippen LogP contribution in [0.15, 0.2) is 42.0 Å². The van der Waals surface area contributed by atoms with Crippen LogP contribution in [-0.2, 0) is 20.6 Å². The lowest BCUT2D eigenvalue weighted by Gasteiger charge is -2.36. The minimum absolute atomic E-state index is 0.127. The molecule has 1 unspecified atom stereocenters. The van der Waals surface area contributed by atoms with Crippen LogP contribution in [0.5, 0.6) is 0 Å². The van der Waals surface area contributed by atoms with E-state index < -0.39 is 0 Å². The van der Waals surface area contributed by atoms with Gasteiger partial charge in [0.2, 0.25) is 5.95 Å². The molecule has 0 spiro atoms. The molecule has 1 aliphatic carbocycles. The maximum Gasteiger partial charge on any atom is 0.240 e. The number of ether oxygens (including phenoxy) is 3. The Kier molecular flexibility index (Phi) is 8.24. The second-order valence-electron chi connectivity index (χ2n) is 11.4. The van der Waals surface area contributed by atoms with Crippen molar-refractivity contribution in [1.82, 2.24) is 9.78 Å². The molecule has 0 radical (unpaired) electrons. The first-order valence-electron chi connectivity index (χ1n) is 15.1. The van der Waals surface area contributed by atoms with Gasteiger partial charge in [0.1, 0.15) is 0 Å². The summed E-state index contributed by atoms with van der Waals surface area (Å²) in [6, 6.07) is 13.3. The number of benzene rings is 2. The highest BCUT2D eigenvalue weighted by Crippen LogP contribution is 2.41. The van der Waals surface area contributed by atoms with Crippen LogP contribution in [-0.4, -0.2) is 50.0 Å². The minimum Gasteiger partial charge on any atom is -0.372 e. The molecular formula is C33H42FN3O3. The predicted octanol–water partition coefficient (Wildman–Crippen LogP) is 7.26. The number of hydrogen-bond donors (Lipinski definition) is 0. The lowest BCUT2D eigenvalue weighted by atomic mass is 9.88. The van der Waals surface area contributed by atoms with Crippen LogP contribution in [0.25, 0.3) is 16.5 Å². The smallest absolute Gasteiger partial charge is 0.240 e. The number of aromatic nitrogens is 2. The van der Waals surface area contributed by atoms with Gasteiger partial charge in [-0.25, -0.2) is 4.68 Å². The Bertz CT molecular complexity index is 1350. The van der Waals surface area contributed by atoms with Gasteiger partial charge in [0.25, 0.3) is 0 Å². The van der Waals surface area contributed by atoms with Crippen molar-refractivity contribution in [1.29, 1.82) is 0 Å². The van der Waals surface area contributed by atoms with Gasteiger partial charge < -0.3 is 19.1 Å². The number of allylic oxidation sites excluding steroid dienone is 1. The van der Waals surface area contributed by atoms with Crippen LogP contribution in [0.3, 0.4) is 0 Å². The molecule has 0 bridgehead atoms. The summed E-state index contributed by atoms with van der Waals surface area (Å²) in [5.41, 5.74) is 8.27. The summed E-state index contributed by atoms with van der Waals surface area (Å²) in [5, 5.41) is 5.04. The first-order chi connectivity index (χ1) is 19.6. The van der Waals surface area contributed by atoms with Crippen LogP contribution in [0.4, 0.5) is 10.1 Å². The Morgan fingerprint density at radius 3 is 2.42 bits per heavy atom. The Labute approximate surface area is 237 Å². The summed E-state index contributed by atoms with van der Waals surface area (Å²) in [5.74, 6) is 0.0554. The van der Waals surface area contributed by atoms with Gasteiger partial charge in [-0.1, -0.05) is 30.7 Å². The maximum atomic E-state index is 15.5. The number of piperidine rings is 1. The first kappa shape index (κ1) is 27.4. The van der Waals surface area contributed by atoms with Crippen LogP contribution in [0.1, 0.15) is 81.2 Å². The van der Waals surface area contributed by atoms with Crippen LogP contribution in [0, 0.1) is 11.9 Å². The molecular weight excluding hydrogens is 505 g/mol. The number of aryl methyl sites for hydroxylation is 1. The molecule has 1 atom stereocenters. The van der Waals surface area contributed by atoms with E-state index in [4.69, 9.17) is 14.2 Å². The lowest BCUT2D eigenvalue weighted by Crippen LogP contribution is -2.39. The van der Waals surface area contributed by atoms with E-state index in [0.717, 1.165) is 87.5 Å². The molecule has 0 saturated carbocycles. The summed E-state index contributed by atoms with van der Waals surface area (Å²) < 4.78 is 34.3. The third-order valence-corrected chi connectivity index (χ3v) is 9.23. The van der Waals surface area contributed by atoms with Gasteiger partial charge >= 0.3 is 0 Å². The van der Waals surface area contributed by atoms with E-state index in [9.17, 15) is 0 Å². The van der Waals surface area contributed by atoms with Crippen molar-refractivity contribution in [2.75, 3.05) is 38.8 Å². The molecule has 3 aliphatic rings. The van der Waals surface area contributed by atoms with Gasteiger partial charge in [-0.15, -0.1) is 5.10 Å². The fraction of sp³-hybridized carbons (Fsp3) is 0.545. The number of hydrogen-bond acceptors (Lipinski definition) is 5. The van der Waals surface area contributed by atoms with Crippen LogP contribution in [0.2, 0.25) is 0 Å². The zero-order valence-corrected chi connectivity index (χ0v) is 24.1. The highest BCUT2D eigenvalue weighted by molar-refractivity contribution is 5.93. The molecule has 2 saturated heterocycles.